The van der Waals surface area contributed by atoms with Gasteiger partial charge in [-0.3, -0.25) is 9.89 Å². The van der Waals surface area contributed by atoms with Crippen LogP contribution in [-0.4, -0.2) is 57.8 Å². The van der Waals surface area contributed by atoms with Gasteiger partial charge < -0.3 is 10.6 Å². The molecule has 148 valence electrons. The lowest BCUT2D eigenvalue weighted by Gasteiger charge is -2.22. The zero-order valence-electron chi connectivity index (χ0n) is 16.5. The molecule has 3 rings (SSSR count). The van der Waals surface area contributed by atoms with Crippen LogP contribution in [0.4, 0.5) is 0 Å². The minimum Gasteiger partial charge on any atom is -0.352 e. The Morgan fingerprint density at radius 3 is 2.78 bits per heavy atom. The third-order valence-electron chi connectivity index (χ3n) is 4.93. The van der Waals surface area contributed by atoms with Crippen LogP contribution in [0.15, 0.2) is 41.8 Å². The molecule has 0 saturated carbocycles. The second kappa shape index (κ2) is 10.0. The molecule has 27 heavy (non-hydrogen) atoms. The van der Waals surface area contributed by atoms with E-state index in [9.17, 15) is 0 Å². The Labute approximate surface area is 178 Å². The third-order valence-corrected chi connectivity index (χ3v) is 4.93. The minimum absolute atomic E-state index is 0. The van der Waals surface area contributed by atoms with Crippen molar-refractivity contribution in [1.29, 1.82) is 0 Å². The van der Waals surface area contributed by atoms with Gasteiger partial charge in [-0.05, 0) is 43.5 Å². The lowest BCUT2D eigenvalue weighted by atomic mass is 10.1. The molecule has 2 atom stereocenters. The summed E-state index contributed by atoms with van der Waals surface area (Å²) in [5, 5.41) is 11.2. The Balaban J connectivity index is 0.00000261. The molecule has 2 unspecified atom stereocenters. The average molecular weight is 483 g/mol. The van der Waals surface area contributed by atoms with E-state index in [1.807, 2.05) is 37.6 Å². The fourth-order valence-electron chi connectivity index (χ4n) is 3.27. The number of aliphatic imine (C=N–C) groups is 1. The van der Waals surface area contributed by atoms with E-state index in [2.05, 4.69) is 51.4 Å². The Morgan fingerprint density at radius 2 is 2.15 bits per heavy atom. The topological polar surface area (TPSA) is 70.4 Å². The van der Waals surface area contributed by atoms with Gasteiger partial charge in [0.25, 0.3) is 0 Å². The second-order valence-electron chi connectivity index (χ2n) is 7.17. The number of nitrogens with zero attached hydrogens (tertiary/aromatic N) is 5. The van der Waals surface area contributed by atoms with Gasteiger partial charge in [0, 0.05) is 57.4 Å². The van der Waals surface area contributed by atoms with Gasteiger partial charge in [-0.15, -0.1) is 24.0 Å². The first-order chi connectivity index (χ1) is 12.6. The van der Waals surface area contributed by atoms with Crippen molar-refractivity contribution in [2.45, 2.75) is 39.4 Å². The maximum absolute atomic E-state index is 4.39. The van der Waals surface area contributed by atoms with E-state index in [0.29, 0.717) is 24.5 Å². The second-order valence-corrected chi connectivity index (χ2v) is 7.17. The smallest absolute Gasteiger partial charge is 0.191 e. The Bertz CT molecular complexity index is 729. The monoisotopic (exact) mass is 483 g/mol. The van der Waals surface area contributed by atoms with E-state index < -0.39 is 0 Å². The minimum atomic E-state index is 0. The number of rotatable bonds is 5. The van der Waals surface area contributed by atoms with E-state index in [1.54, 1.807) is 10.9 Å². The molecule has 2 aromatic heterocycles. The van der Waals surface area contributed by atoms with Crippen molar-refractivity contribution in [3.63, 3.8) is 0 Å². The van der Waals surface area contributed by atoms with Crippen LogP contribution < -0.4 is 10.6 Å². The number of aromatic nitrogens is 3. The van der Waals surface area contributed by atoms with Crippen molar-refractivity contribution >= 4 is 29.9 Å². The molecule has 0 amide bonds. The molecular formula is C19H30IN7. The molecule has 1 fully saturated rings. The lowest BCUT2D eigenvalue weighted by Crippen LogP contribution is -2.46. The molecule has 2 aromatic rings. The summed E-state index contributed by atoms with van der Waals surface area (Å²) in [7, 11) is 1.82. The number of hydrogen-bond donors (Lipinski definition) is 2. The molecule has 1 saturated heterocycles. The van der Waals surface area contributed by atoms with Crippen LogP contribution in [0.2, 0.25) is 0 Å². The summed E-state index contributed by atoms with van der Waals surface area (Å²) in [6, 6.07) is 6.93. The van der Waals surface area contributed by atoms with E-state index in [0.717, 1.165) is 30.4 Å². The maximum atomic E-state index is 4.39. The van der Waals surface area contributed by atoms with Crippen LogP contribution in [0.3, 0.4) is 0 Å². The third kappa shape index (κ3) is 5.65. The summed E-state index contributed by atoms with van der Waals surface area (Å²) in [5.41, 5.74) is 1.14. The van der Waals surface area contributed by atoms with E-state index in [4.69, 9.17) is 0 Å². The van der Waals surface area contributed by atoms with Crippen molar-refractivity contribution in [1.82, 2.24) is 30.3 Å². The van der Waals surface area contributed by atoms with Crippen molar-refractivity contribution in [2.75, 3.05) is 20.1 Å². The molecule has 3 heterocycles. The summed E-state index contributed by atoms with van der Waals surface area (Å²) in [6.45, 7) is 9.67. The molecule has 0 bridgehead atoms. The Morgan fingerprint density at radius 1 is 1.33 bits per heavy atom. The maximum Gasteiger partial charge on any atom is 0.191 e. The van der Waals surface area contributed by atoms with Gasteiger partial charge >= 0.3 is 0 Å². The van der Waals surface area contributed by atoms with Crippen LogP contribution in [0.25, 0.3) is 5.82 Å². The largest absolute Gasteiger partial charge is 0.352 e. The van der Waals surface area contributed by atoms with Crippen LogP contribution in [0, 0.1) is 5.92 Å². The Hall–Kier alpha value is -1.68. The van der Waals surface area contributed by atoms with Crippen molar-refractivity contribution in [3.05, 3.63) is 42.4 Å². The lowest BCUT2D eigenvalue weighted by molar-refractivity contribution is 0.265. The highest BCUT2D eigenvalue weighted by Crippen LogP contribution is 2.18. The molecule has 7 nitrogen and oxygen atoms in total. The summed E-state index contributed by atoms with van der Waals surface area (Å²) in [6.07, 6.45) is 5.45. The fourth-order valence-corrected chi connectivity index (χ4v) is 3.27. The predicted octanol–water partition coefficient (Wildman–Crippen LogP) is 2.28. The summed E-state index contributed by atoms with van der Waals surface area (Å²) in [4.78, 5) is 11.3. The van der Waals surface area contributed by atoms with Gasteiger partial charge in [0.15, 0.2) is 11.8 Å². The molecule has 0 aliphatic carbocycles. The number of nitrogens with one attached hydrogen (secondary N) is 2. The quantitative estimate of drug-likeness (QED) is 0.388. The first kappa shape index (κ1) is 21.6. The van der Waals surface area contributed by atoms with Gasteiger partial charge in [0.05, 0.1) is 0 Å². The molecule has 0 radical (unpaired) electrons. The number of likely N-dealkylation sites (tertiary alicyclic amines) is 1. The number of pyridine rings is 1. The zero-order valence-corrected chi connectivity index (χ0v) is 18.8. The zero-order chi connectivity index (χ0) is 18.5. The fraction of sp³-hybridized carbons (Fsp3) is 0.526. The molecule has 0 spiro atoms. The van der Waals surface area contributed by atoms with Crippen LogP contribution >= 0.6 is 24.0 Å². The van der Waals surface area contributed by atoms with Gasteiger partial charge in [0.1, 0.15) is 0 Å². The standard InChI is InChI=1S/C19H29N7.HI/c1-14(2)25-12-15(3)17(13-25)24-19(20-4)22-11-16-6-8-21-18(10-16)26-9-5-7-23-26;/h5-10,14-15,17H,11-13H2,1-4H3,(H2,20,22,24);1H. The highest BCUT2D eigenvalue weighted by molar-refractivity contribution is 14.0. The highest BCUT2D eigenvalue weighted by atomic mass is 127. The normalized spacial score (nSPS) is 20.6. The molecular weight excluding hydrogens is 453 g/mol. The highest BCUT2D eigenvalue weighted by Gasteiger charge is 2.31. The predicted molar refractivity (Wildman–Crippen MR) is 120 cm³/mol. The van der Waals surface area contributed by atoms with E-state index in [1.165, 1.54) is 0 Å². The Kier molecular flexibility index (Phi) is 8.03. The van der Waals surface area contributed by atoms with Gasteiger partial charge in [0.2, 0.25) is 0 Å². The van der Waals surface area contributed by atoms with Crippen LogP contribution in [0.1, 0.15) is 26.3 Å². The van der Waals surface area contributed by atoms with Gasteiger partial charge in [-0.1, -0.05) is 6.92 Å². The van der Waals surface area contributed by atoms with Crippen molar-refractivity contribution < 1.29 is 0 Å². The van der Waals surface area contributed by atoms with E-state index in [-0.39, 0.29) is 24.0 Å². The molecule has 2 N–H and O–H groups in total. The van der Waals surface area contributed by atoms with Gasteiger partial charge in [-0.2, -0.15) is 5.10 Å². The van der Waals surface area contributed by atoms with Crippen molar-refractivity contribution in [2.24, 2.45) is 10.9 Å². The SMILES string of the molecule is CN=C(NCc1ccnc(-n2cccn2)c1)NC1CN(C(C)C)CC1C.I. The summed E-state index contributed by atoms with van der Waals surface area (Å²) < 4.78 is 1.76. The molecule has 8 heteroatoms. The first-order valence-electron chi connectivity index (χ1n) is 9.23. The van der Waals surface area contributed by atoms with Crippen LogP contribution in [-0.2, 0) is 6.54 Å². The molecule has 1 aliphatic rings. The van der Waals surface area contributed by atoms with Crippen molar-refractivity contribution in [3.8, 4) is 5.82 Å². The number of halogens is 1. The first-order valence-corrected chi connectivity index (χ1v) is 9.23. The average Bonchev–Trinajstić information content (AvgIpc) is 3.29. The van der Waals surface area contributed by atoms with Crippen LogP contribution in [0.5, 0.6) is 0 Å². The summed E-state index contributed by atoms with van der Waals surface area (Å²) >= 11 is 0. The molecule has 1 aliphatic heterocycles. The summed E-state index contributed by atoms with van der Waals surface area (Å²) in [5.74, 6) is 2.25. The van der Waals surface area contributed by atoms with E-state index >= 15 is 0 Å². The van der Waals surface area contributed by atoms with Gasteiger partial charge in [-0.25, -0.2) is 9.67 Å². The molecule has 0 aromatic carbocycles. The number of hydrogen-bond acceptors (Lipinski definition) is 4. The number of guanidine groups is 1.